The van der Waals surface area contributed by atoms with Crippen molar-refractivity contribution in [3.63, 3.8) is 0 Å². The molecule has 634 valence electrons. The number of nitrogens with zero attached hydrogens (tertiary/aromatic N) is 6. The van der Waals surface area contributed by atoms with Crippen LogP contribution in [0.25, 0.3) is 4.85 Å². The van der Waals surface area contributed by atoms with Gasteiger partial charge in [-0.25, -0.2) is 30.4 Å². The Labute approximate surface area is 654 Å². The number of aliphatic hydroxyl groups excluding tert-OH is 5. The molecule has 42 heteroatoms. The third-order valence-corrected chi connectivity index (χ3v) is 19.5. The molecule has 20 atom stereocenters. The highest BCUT2D eigenvalue weighted by Gasteiger charge is 2.52. The molecule has 0 bridgehead atoms. The third-order valence-electron chi connectivity index (χ3n) is 17.4. The molecule has 4 fully saturated rings. The fourth-order valence-corrected chi connectivity index (χ4v) is 13.5. The first-order valence-electron chi connectivity index (χ1n) is 37.3. The molecule has 0 aliphatic carbocycles. The van der Waals surface area contributed by atoms with Gasteiger partial charge in [-0.05, 0) is 81.0 Å². The summed E-state index contributed by atoms with van der Waals surface area (Å²) >= 11 is 0. The standard InChI is InChI=1S/C23H38N5O7P.2C15H23N3O6.C14H21N3O6.2CH4O.CH4/c1-9-17-19(35-36(33-11-10-24-7)28(14(2)3)15(4)5)20(32-13-18(29)25-8)22(34-17)27-12-16(6)21(30)26-23(27)31;1-7-5-18(15(22)17-13(7)21)14-12(23-6-10(20)16-4)8(2)11(24-14)9(3)19;1-7(2)11-10(20)12(23-6-9(19)16-4)14(24-11)18-5-8(3)13(21)17-15(18)22;1-4-8-10(19)11(22-6-9(18)15-3)13(23-8)17-5-7(2)12(20)16-14(17)21;2*1-2;/h12,14-15,17,19-20,22H,9-11,13H2,1-6,8H3,(H,25,29)(H,26,30,31);5,8-9,11-12,14,19H,6H2,1-4H3,(H,16,20)(H,17,21,22);5,7,10-12,14,20H,6H2,1-4H3,(H,16,19)(H,17,21,22);5,8,10-11,13,19H,4,6H2,1-3H3,(H,15,18)(H,16,20,21);2*2H,1H3;1H4/t17-,19-,20-,22-,36?;8-,9-,11+,12-,14-;10-,11-,12-,14-;8-,10-,11-,13-;;;/m1111.../s1/i9D;;;4D;2*2T;/t9-,17+,19+,20+,22+,36?;;;4-,8+,10+,11+,13+;;;/m0..0.... The number of H-pyrrole nitrogens is 4. The maximum atomic E-state index is 12.7. The molecule has 8 rings (SSSR count). The summed E-state index contributed by atoms with van der Waals surface area (Å²) in [5.74, 6) is -1.78. The second-order valence-corrected chi connectivity index (χ2v) is 27.7. The van der Waals surface area contributed by atoms with Gasteiger partial charge in [-0.15, -0.1) is 0 Å². The summed E-state index contributed by atoms with van der Waals surface area (Å²) in [7, 11) is 6.72. The number of rotatable bonds is 28. The molecule has 4 aliphatic heterocycles. The number of ether oxygens (including phenoxy) is 8. The molecule has 4 aromatic rings. The number of amides is 4. The van der Waals surface area contributed by atoms with Gasteiger partial charge in [0.25, 0.3) is 30.8 Å². The van der Waals surface area contributed by atoms with Crippen molar-refractivity contribution >= 4 is 32.2 Å². The van der Waals surface area contributed by atoms with E-state index in [4.69, 9.17) is 59.1 Å². The van der Waals surface area contributed by atoms with E-state index in [0.717, 1.165) is 4.57 Å². The minimum absolute atomic E-state index is 0. The minimum atomic E-state index is -1.74. The normalized spacial score (nSPS) is 25.8. The SMILES string of the molecule is C.CNC(=O)CO[C@@H]1[C@H](C)[C@@H]([C@@H](C)O)O[C@H]1n1cc(C)c(=O)[nH]c1=O.CNC(=O)CO[C@@H]1[C@H](O)[C@@H](C(C)C)O[C@H]1n1cc(C)c(=O)[nH]c1=O.[2H][C@@H](C)[C@H]1O[C@@H](n2cc(C)c(=O)[nH]c2=O)[C@H](OCC(=O)NC)[C@@H]1O.[2H][C@@H](C)[C@H]1O[C@@H](n2cc(C)c(=O)[nH]c2=O)[C@H](OCC(=O)NC)[C@@H]1OP(OCC[N+]#[C-])N(C(C)C)C(C)C.[3H]OC.[3H]OC. The van der Waals surface area contributed by atoms with E-state index in [0.29, 0.717) is 11.1 Å². The van der Waals surface area contributed by atoms with Crippen LogP contribution in [0.5, 0.6) is 0 Å². The smallest absolute Gasteiger partial charge is 0.330 e. The van der Waals surface area contributed by atoms with Crippen LogP contribution in [-0.4, -0.2) is 262 Å². The van der Waals surface area contributed by atoms with Gasteiger partial charge in [-0.3, -0.25) is 76.6 Å². The number of hydrogen-bond acceptors (Lipinski definition) is 28. The zero-order valence-corrected chi connectivity index (χ0v) is 66.9. The van der Waals surface area contributed by atoms with E-state index in [1.54, 1.807) is 34.6 Å². The van der Waals surface area contributed by atoms with Crippen LogP contribution >= 0.6 is 8.53 Å². The molecule has 0 spiro atoms. The summed E-state index contributed by atoms with van der Waals surface area (Å²) in [6.45, 7) is 30.7. The van der Waals surface area contributed by atoms with Gasteiger partial charge in [0, 0.05) is 110 Å². The molecule has 4 amide bonds. The zero-order valence-electron chi connectivity index (χ0n) is 70.0. The molecule has 41 nitrogen and oxygen atoms in total. The number of hydrogen-bond donors (Lipinski definition) is 13. The first-order chi connectivity index (χ1) is 54.0. The zero-order chi connectivity index (χ0) is 87.3. The van der Waals surface area contributed by atoms with Crippen molar-refractivity contribution in [2.75, 3.05) is 82.0 Å². The largest absolute Gasteiger partial charge is 0.400 e. The maximum Gasteiger partial charge on any atom is 0.330 e. The van der Waals surface area contributed by atoms with E-state index < -0.39 is 176 Å². The second kappa shape index (κ2) is 48.2. The number of nitrogens with one attached hydrogen (secondary N) is 8. The summed E-state index contributed by atoms with van der Waals surface area (Å²) in [5.41, 5.74) is -3.53. The number of aliphatic hydroxyl groups is 5. The Kier molecular flexibility index (Phi) is 39.9. The van der Waals surface area contributed by atoms with Crippen molar-refractivity contribution in [3.8, 4) is 0 Å². The van der Waals surface area contributed by atoms with Crippen molar-refractivity contribution in [2.24, 2.45) is 11.8 Å². The van der Waals surface area contributed by atoms with Crippen LogP contribution in [-0.2, 0) is 66.1 Å². The van der Waals surface area contributed by atoms with E-state index in [1.165, 1.54) is 94.7 Å². The van der Waals surface area contributed by atoms with Crippen LogP contribution < -0.4 is 66.3 Å². The molecular weight excluding hydrogens is 1500 g/mol. The summed E-state index contributed by atoms with van der Waals surface area (Å²) in [4.78, 5) is 154. The van der Waals surface area contributed by atoms with Gasteiger partial charge in [0.2, 0.25) is 33.0 Å². The molecule has 13 N–H and O–H groups in total. The van der Waals surface area contributed by atoms with Crippen molar-refractivity contribution in [1.29, 1.82) is 2.86 Å². The van der Waals surface area contributed by atoms with Crippen molar-refractivity contribution in [3.05, 3.63) is 142 Å². The Hall–Kier alpha value is -8.12. The molecular formula is C70H117N14O27P. The number of aromatic amines is 4. The van der Waals surface area contributed by atoms with Gasteiger partial charge in [0.1, 0.15) is 75.8 Å². The average molecular weight is 1620 g/mol. The number of likely N-dealkylation sites (N-methyl/N-ethyl adjacent to an activating group) is 4. The van der Waals surface area contributed by atoms with Crippen LogP contribution in [0, 0.1) is 46.1 Å². The highest BCUT2D eigenvalue weighted by atomic mass is 31.2. The van der Waals surface area contributed by atoms with Crippen LogP contribution in [0.4, 0.5) is 0 Å². The summed E-state index contributed by atoms with van der Waals surface area (Å²) in [5, 5.41) is 47.5. The van der Waals surface area contributed by atoms with E-state index in [-0.39, 0.29) is 93.9 Å². The monoisotopic (exact) mass is 1620 g/mol. The van der Waals surface area contributed by atoms with Gasteiger partial charge in [0.05, 0.1) is 30.5 Å². The lowest BCUT2D eigenvalue weighted by atomic mass is 9.97. The molecule has 0 radical (unpaired) electrons. The number of carbonyl (C=O) groups excluding carboxylic acids is 4. The van der Waals surface area contributed by atoms with Crippen LogP contribution in [0.15, 0.2) is 63.1 Å². The van der Waals surface area contributed by atoms with Crippen LogP contribution in [0.1, 0.15) is 139 Å². The Balaban J connectivity index is 0.000000519. The van der Waals surface area contributed by atoms with E-state index >= 15 is 0 Å². The predicted octanol–water partition coefficient (Wildman–Crippen LogP) is -1.77. The van der Waals surface area contributed by atoms with E-state index in [1.807, 2.05) is 53.1 Å². The summed E-state index contributed by atoms with van der Waals surface area (Å²) < 4.78 is 92.8. The molecule has 4 saturated heterocycles. The van der Waals surface area contributed by atoms with Gasteiger partial charge in [0.15, 0.2) is 24.9 Å². The Morgan fingerprint density at radius 2 is 0.875 bits per heavy atom. The van der Waals surface area contributed by atoms with Crippen molar-refractivity contribution in [1.82, 2.24) is 64.1 Å². The molecule has 1 unspecified atom stereocenters. The maximum absolute atomic E-state index is 12.7. The van der Waals surface area contributed by atoms with Gasteiger partial charge in [-0.2, -0.15) is 0 Å². The quantitative estimate of drug-likeness (QED) is 0.0170. The lowest BCUT2D eigenvalue weighted by Gasteiger charge is -2.38. The Morgan fingerprint density at radius 1 is 0.562 bits per heavy atom. The van der Waals surface area contributed by atoms with E-state index in [2.05, 4.69) is 56.3 Å². The first-order valence-corrected chi connectivity index (χ1v) is 36.4. The fraction of sp³-hybridized carbons (Fsp3) is 0.700. The lowest BCUT2D eigenvalue weighted by Crippen LogP contribution is -2.43. The highest BCUT2D eigenvalue weighted by Crippen LogP contribution is 2.51. The van der Waals surface area contributed by atoms with E-state index in [9.17, 15) is 72.9 Å². The fourth-order valence-electron chi connectivity index (χ4n) is 11.7. The molecule has 0 aromatic carbocycles. The molecule has 4 aliphatic rings. The Bertz CT molecular complexity index is 4000. The Morgan fingerprint density at radius 3 is 1.21 bits per heavy atom. The number of aryl methyl sites for hydroxylation is 4. The topological polar surface area (TPSA) is 537 Å². The average Bonchev–Trinajstić information content (AvgIpc) is 1.62. The third kappa shape index (κ3) is 26.7. The van der Waals surface area contributed by atoms with Gasteiger partial charge < -0.3 is 98.6 Å². The van der Waals surface area contributed by atoms with Crippen LogP contribution in [0.3, 0.4) is 0 Å². The molecule has 8 heterocycles. The molecule has 112 heavy (non-hydrogen) atoms. The van der Waals surface area contributed by atoms with Gasteiger partial charge >= 0.3 is 22.8 Å². The predicted molar refractivity (Wildman–Crippen MR) is 408 cm³/mol. The summed E-state index contributed by atoms with van der Waals surface area (Å²) in [6, 6.07) is 0.0532. The summed E-state index contributed by atoms with van der Waals surface area (Å²) in [6.07, 6.45) is -10.5. The lowest BCUT2D eigenvalue weighted by molar-refractivity contribution is -0.133. The molecule has 4 aromatic heterocycles. The highest BCUT2D eigenvalue weighted by molar-refractivity contribution is 7.44. The van der Waals surface area contributed by atoms with Crippen molar-refractivity contribution < 1.29 is 94.4 Å². The van der Waals surface area contributed by atoms with Crippen molar-refractivity contribution in [2.45, 2.75) is 227 Å². The molecule has 0 saturated carbocycles. The van der Waals surface area contributed by atoms with Gasteiger partial charge in [-0.1, -0.05) is 42.0 Å². The number of carbonyl (C=O) groups is 4. The first kappa shape index (κ1) is 92.7. The van der Waals surface area contributed by atoms with Crippen LogP contribution in [0.2, 0.25) is 0 Å². The minimum Gasteiger partial charge on any atom is -0.400 e. The number of aromatic nitrogens is 8. The second-order valence-electron chi connectivity index (χ2n) is 26.3.